The second-order valence-corrected chi connectivity index (χ2v) is 10.4. The minimum Gasteiger partial charge on any atom is -0.466 e. The highest BCUT2D eigenvalue weighted by Crippen LogP contribution is 2.41. The molecular formula is C27H25BrN4O3S. The van der Waals surface area contributed by atoms with Crippen LogP contribution >= 0.6 is 27.7 Å². The Morgan fingerprint density at radius 2 is 2.00 bits per heavy atom. The van der Waals surface area contributed by atoms with Crippen LogP contribution in [0, 0.1) is 22.7 Å². The van der Waals surface area contributed by atoms with Gasteiger partial charge in [0, 0.05) is 10.2 Å². The summed E-state index contributed by atoms with van der Waals surface area (Å²) in [6.45, 7) is 0. The van der Waals surface area contributed by atoms with Crippen LogP contribution < -0.4 is 5.73 Å². The molecule has 0 saturated carbocycles. The predicted molar refractivity (Wildman–Crippen MR) is 139 cm³/mol. The van der Waals surface area contributed by atoms with E-state index >= 15 is 0 Å². The van der Waals surface area contributed by atoms with Crippen LogP contribution in [0.15, 0.2) is 62.6 Å². The number of benzene rings is 1. The van der Waals surface area contributed by atoms with Gasteiger partial charge < -0.3 is 15.2 Å². The van der Waals surface area contributed by atoms with Gasteiger partial charge in [-0.15, -0.1) is 0 Å². The summed E-state index contributed by atoms with van der Waals surface area (Å²) in [5.41, 5.74) is 9.87. The van der Waals surface area contributed by atoms with Crippen LogP contribution in [0.3, 0.4) is 0 Å². The molecule has 0 fully saturated rings. The summed E-state index contributed by atoms with van der Waals surface area (Å²) in [4.78, 5) is 17.8. The van der Waals surface area contributed by atoms with Crippen LogP contribution in [-0.2, 0) is 27.1 Å². The Bertz CT molecular complexity index is 1340. The number of fused-ring (bicyclic) bond motifs is 1. The summed E-state index contributed by atoms with van der Waals surface area (Å²) in [5, 5.41) is 20.2. The summed E-state index contributed by atoms with van der Waals surface area (Å²) in [6, 6.07) is 13.6. The summed E-state index contributed by atoms with van der Waals surface area (Å²) in [7, 11) is 1.29. The Balaban J connectivity index is 1.74. The van der Waals surface area contributed by atoms with E-state index in [2.05, 4.69) is 28.1 Å². The normalized spacial score (nSPS) is 17.7. The molecule has 9 heteroatoms. The van der Waals surface area contributed by atoms with Gasteiger partial charge >= 0.3 is 5.97 Å². The van der Waals surface area contributed by atoms with E-state index in [1.165, 1.54) is 31.7 Å². The van der Waals surface area contributed by atoms with E-state index in [1.54, 1.807) is 0 Å². The van der Waals surface area contributed by atoms with E-state index in [9.17, 15) is 15.3 Å². The average molecular weight is 565 g/mol. The number of aryl methyl sites for hydroxylation is 2. The highest BCUT2D eigenvalue weighted by Gasteiger charge is 2.37. The van der Waals surface area contributed by atoms with Gasteiger partial charge in [0.05, 0.1) is 29.9 Å². The fourth-order valence-electron chi connectivity index (χ4n) is 4.57. The number of ether oxygens (including phenoxy) is 2. The number of nitrogens with zero attached hydrogens (tertiary/aromatic N) is 3. The maximum Gasteiger partial charge on any atom is 0.338 e. The second kappa shape index (κ2) is 11.6. The number of carbonyl (C=O) groups excluding carboxylic acids is 1. The highest BCUT2D eigenvalue weighted by atomic mass is 79.9. The van der Waals surface area contributed by atoms with Crippen molar-refractivity contribution in [3.63, 3.8) is 0 Å². The lowest BCUT2D eigenvalue weighted by Gasteiger charge is -2.28. The Morgan fingerprint density at radius 1 is 1.22 bits per heavy atom. The van der Waals surface area contributed by atoms with Crippen LogP contribution in [0.25, 0.3) is 0 Å². The first-order chi connectivity index (χ1) is 17.5. The van der Waals surface area contributed by atoms with Crippen molar-refractivity contribution in [2.24, 2.45) is 5.73 Å². The van der Waals surface area contributed by atoms with Gasteiger partial charge in [-0.05, 0) is 55.0 Å². The molecule has 184 valence electrons. The van der Waals surface area contributed by atoms with Crippen molar-refractivity contribution in [3.05, 3.63) is 80.0 Å². The molecule has 36 heavy (non-hydrogen) atoms. The van der Waals surface area contributed by atoms with Crippen LogP contribution in [0.2, 0.25) is 0 Å². The molecule has 0 saturated heterocycles. The third kappa shape index (κ3) is 5.43. The van der Waals surface area contributed by atoms with Crippen molar-refractivity contribution in [2.45, 2.75) is 49.5 Å². The molecule has 2 aliphatic rings. The summed E-state index contributed by atoms with van der Waals surface area (Å²) in [5.74, 6) is -0.941. The largest absolute Gasteiger partial charge is 0.466 e. The van der Waals surface area contributed by atoms with E-state index in [1.807, 2.05) is 30.3 Å². The van der Waals surface area contributed by atoms with E-state index < -0.39 is 11.9 Å². The smallest absolute Gasteiger partial charge is 0.338 e. The first-order valence-electron chi connectivity index (χ1n) is 11.7. The summed E-state index contributed by atoms with van der Waals surface area (Å²) in [6.07, 6.45) is 6.35. The molecular weight excluding hydrogens is 540 g/mol. The number of allylic oxidation sites excluding steroid dienone is 1. The molecule has 0 radical (unpaired) electrons. The number of pyridine rings is 1. The molecule has 0 spiro atoms. The standard InChI is InChI=1S/C27H25BrN4O3S/c1-34-27(33)24-22(35-25(31)20(14-30)23(24)17-8-6-9-19(28)12-17)15-36-26-18(13-29)11-16-7-4-2-3-5-10-21(16)32-26/h6,8-9,11-12,23H,2-5,7,10,15,31H2,1H3/t23-/m1/s1. The van der Waals surface area contributed by atoms with Crippen molar-refractivity contribution in [3.8, 4) is 12.1 Å². The Labute approximate surface area is 223 Å². The fourth-order valence-corrected chi connectivity index (χ4v) is 5.90. The number of thioether (sulfide) groups is 1. The van der Waals surface area contributed by atoms with Gasteiger partial charge in [0.25, 0.3) is 0 Å². The lowest BCUT2D eigenvalue weighted by molar-refractivity contribution is -0.136. The zero-order valence-corrected chi connectivity index (χ0v) is 22.2. The number of halogens is 1. The minimum absolute atomic E-state index is 0.0580. The SMILES string of the molecule is COC(=O)C1=C(CSc2nc3c(cc2C#N)CCCCCC3)OC(N)=C(C#N)[C@H]1c1cccc(Br)c1. The predicted octanol–water partition coefficient (Wildman–Crippen LogP) is 5.40. The van der Waals surface area contributed by atoms with Crippen LogP contribution in [0.1, 0.15) is 54.0 Å². The number of nitriles is 2. The van der Waals surface area contributed by atoms with Crippen molar-refractivity contribution in [1.29, 1.82) is 10.5 Å². The lowest BCUT2D eigenvalue weighted by Crippen LogP contribution is -2.26. The van der Waals surface area contributed by atoms with Crippen LogP contribution in [0.4, 0.5) is 0 Å². The van der Waals surface area contributed by atoms with Crippen molar-refractivity contribution in [1.82, 2.24) is 4.98 Å². The van der Waals surface area contributed by atoms with E-state index in [-0.39, 0.29) is 28.5 Å². The molecule has 1 aromatic carbocycles. The molecule has 2 N–H and O–H groups in total. The van der Waals surface area contributed by atoms with Gasteiger partial charge in [-0.25, -0.2) is 9.78 Å². The van der Waals surface area contributed by atoms with E-state index in [4.69, 9.17) is 20.2 Å². The molecule has 1 aromatic heterocycles. The maximum atomic E-state index is 13.0. The zero-order valence-electron chi connectivity index (χ0n) is 19.8. The maximum absolute atomic E-state index is 13.0. The minimum atomic E-state index is -0.747. The van der Waals surface area contributed by atoms with Gasteiger partial charge in [-0.3, -0.25) is 0 Å². The van der Waals surface area contributed by atoms with Gasteiger partial charge in [-0.2, -0.15) is 10.5 Å². The van der Waals surface area contributed by atoms with Gasteiger partial charge in [-0.1, -0.05) is 52.7 Å². The van der Waals surface area contributed by atoms with E-state index in [0.29, 0.717) is 16.2 Å². The number of esters is 1. The molecule has 2 aromatic rings. The molecule has 1 atom stereocenters. The van der Waals surface area contributed by atoms with Crippen molar-refractivity contribution >= 4 is 33.7 Å². The highest BCUT2D eigenvalue weighted by molar-refractivity contribution is 9.10. The number of hydrogen-bond acceptors (Lipinski definition) is 8. The lowest BCUT2D eigenvalue weighted by atomic mass is 9.83. The zero-order chi connectivity index (χ0) is 25.7. The molecule has 0 amide bonds. The van der Waals surface area contributed by atoms with Crippen LogP contribution in [0.5, 0.6) is 0 Å². The number of methoxy groups -OCH3 is 1. The third-order valence-electron chi connectivity index (χ3n) is 6.31. The Hall–Kier alpha value is -3.27. The quantitative estimate of drug-likeness (QED) is 0.378. The number of aromatic nitrogens is 1. The molecule has 7 nitrogen and oxygen atoms in total. The van der Waals surface area contributed by atoms with Crippen molar-refractivity contribution in [2.75, 3.05) is 12.9 Å². The average Bonchev–Trinajstić information content (AvgIpc) is 2.86. The first kappa shape index (κ1) is 25.8. The third-order valence-corrected chi connectivity index (χ3v) is 7.79. The topological polar surface area (TPSA) is 122 Å². The van der Waals surface area contributed by atoms with E-state index in [0.717, 1.165) is 41.4 Å². The Kier molecular flexibility index (Phi) is 8.35. The molecule has 0 bridgehead atoms. The number of nitrogens with two attached hydrogens (primary N) is 1. The monoisotopic (exact) mass is 564 g/mol. The van der Waals surface area contributed by atoms with Crippen molar-refractivity contribution < 1.29 is 14.3 Å². The molecule has 0 unspecified atom stereocenters. The number of carbonyl (C=O) groups is 1. The summed E-state index contributed by atoms with van der Waals surface area (Å²) >= 11 is 4.77. The number of hydrogen-bond donors (Lipinski definition) is 1. The van der Waals surface area contributed by atoms with Crippen LogP contribution in [-0.4, -0.2) is 23.8 Å². The molecule has 1 aliphatic heterocycles. The Morgan fingerprint density at radius 3 is 2.69 bits per heavy atom. The molecule has 1 aliphatic carbocycles. The number of rotatable bonds is 5. The second-order valence-electron chi connectivity index (χ2n) is 8.57. The molecule has 2 heterocycles. The van der Waals surface area contributed by atoms with Gasteiger partial charge in [0.15, 0.2) is 0 Å². The van der Waals surface area contributed by atoms with Gasteiger partial charge in [0.2, 0.25) is 5.88 Å². The molecule has 4 rings (SSSR count). The summed E-state index contributed by atoms with van der Waals surface area (Å²) < 4.78 is 11.7. The first-order valence-corrected chi connectivity index (χ1v) is 13.4. The van der Waals surface area contributed by atoms with Gasteiger partial charge in [0.1, 0.15) is 28.5 Å². The fraction of sp³-hybridized carbons (Fsp3) is 0.333.